The highest BCUT2D eigenvalue weighted by Crippen LogP contribution is 2.38. The lowest BCUT2D eigenvalue weighted by atomic mass is 10.0. The van der Waals surface area contributed by atoms with E-state index in [2.05, 4.69) is 6.58 Å². The Bertz CT molecular complexity index is 363. The molecule has 0 unspecified atom stereocenters. The van der Waals surface area contributed by atoms with Crippen LogP contribution in [0, 0.1) is 0 Å². The fourth-order valence-electron chi connectivity index (χ4n) is 1.70. The maximum atomic E-state index is 6.07. The molecule has 1 atom stereocenters. The lowest BCUT2D eigenvalue weighted by molar-refractivity contribution is 0.173. The Kier molecular flexibility index (Phi) is 2.92. The summed E-state index contributed by atoms with van der Waals surface area (Å²) in [5.41, 5.74) is 7.09. The molecule has 3 heteroatoms. The van der Waals surface area contributed by atoms with Gasteiger partial charge in [0.25, 0.3) is 0 Å². The largest absolute Gasteiger partial charge is 0.454 e. The van der Waals surface area contributed by atoms with Crippen LogP contribution >= 0.6 is 0 Å². The molecule has 0 bridgehead atoms. The zero-order valence-corrected chi connectivity index (χ0v) is 8.61. The van der Waals surface area contributed by atoms with E-state index in [0.29, 0.717) is 6.79 Å². The molecule has 3 nitrogen and oxygen atoms in total. The number of nitrogens with two attached hydrogens (primary N) is 1. The normalized spacial score (nSPS) is 15.0. The van der Waals surface area contributed by atoms with Gasteiger partial charge in [0.05, 0.1) is 0 Å². The topological polar surface area (TPSA) is 44.5 Å². The maximum absolute atomic E-state index is 6.07. The summed E-state index contributed by atoms with van der Waals surface area (Å²) in [6.07, 6.45) is 3.66. The van der Waals surface area contributed by atoms with Crippen molar-refractivity contribution in [3.63, 3.8) is 0 Å². The standard InChI is InChI=1S/C12H15NO2/c1-2-3-6-10(13)9-5-4-7-11-12(9)15-8-14-11/h2,4-5,7,10H,1,3,6,8,13H2/t10-/m1/s1. The minimum absolute atomic E-state index is 0.0142. The average Bonchev–Trinajstić information content (AvgIpc) is 2.73. The number of para-hydroxylation sites is 1. The lowest BCUT2D eigenvalue weighted by Crippen LogP contribution is -2.10. The molecule has 0 aliphatic carbocycles. The third-order valence-corrected chi connectivity index (χ3v) is 2.51. The molecular weight excluding hydrogens is 190 g/mol. The minimum Gasteiger partial charge on any atom is -0.454 e. The molecule has 0 amide bonds. The zero-order valence-electron chi connectivity index (χ0n) is 8.61. The molecule has 1 aromatic carbocycles. The first-order valence-corrected chi connectivity index (χ1v) is 5.08. The van der Waals surface area contributed by atoms with E-state index in [-0.39, 0.29) is 6.04 Å². The lowest BCUT2D eigenvalue weighted by Gasteiger charge is -2.12. The Morgan fingerprint density at radius 2 is 2.33 bits per heavy atom. The molecule has 0 saturated heterocycles. The van der Waals surface area contributed by atoms with Gasteiger partial charge >= 0.3 is 0 Å². The molecule has 1 heterocycles. The molecule has 0 saturated carbocycles. The molecule has 0 fully saturated rings. The van der Waals surface area contributed by atoms with Crippen LogP contribution in [0.5, 0.6) is 11.5 Å². The Morgan fingerprint density at radius 3 is 3.13 bits per heavy atom. The van der Waals surface area contributed by atoms with E-state index >= 15 is 0 Å². The summed E-state index contributed by atoms with van der Waals surface area (Å²) in [6, 6.07) is 5.81. The number of ether oxygens (including phenoxy) is 2. The second-order valence-electron chi connectivity index (χ2n) is 3.55. The van der Waals surface area contributed by atoms with Crippen LogP contribution in [0.3, 0.4) is 0 Å². The molecule has 2 N–H and O–H groups in total. The average molecular weight is 205 g/mol. The predicted molar refractivity (Wildman–Crippen MR) is 58.9 cm³/mol. The quantitative estimate of drug-likeness (QED) is 0.767. The van der Waals surface area contributed by atoms with E-state index in [1.165, 1.54) is 0 Å². The summed E-state index contributed by atoms with van der Waals surface area (Å²) < 4.78 is 10.7. The van der Waals surface area contributed by atoms with E-state index < -0.39 is 0 Å². The van der Waals surface area contributed by atoms with Crippen LogP contribution in [-0.2, 0) is 0 Å². The van der Waals surface area contributed by atoms with E-state index in [4.69, 9.17) is 15.2 Å². The molecule has 0 spiro atoms. The second kappa shape index (κ2) is 4.36. The van der Waals surface area contributed by atoms with Gasteiger partial charge in [-0.05, 0) is 18.9 Å². The highest BCUT2D eigenvalue weighted by Gasteiger charge is 2.20. The third-order valence-electron chi connectivity index (χ3n) is 2.51. The first kappa shape index (κ1) is 10.1. The Morgan fingerprint density at radius 1 is 1.47 bits per heavy atom. The molecule has 2 rings (SSSR count). The second-order valence-corrected chi connectivity index (χ2v) is 3.55. The maximum Gasteiger partial charge on any atom is 0.231 e. The fourth-order valence-corrected chi connectivity index (χ4v) is 1.70. The van der Waals surface area contributed by atoms with Crippen LogP contribution in [0.15, 0.2) is 30.9 Å². The fraction of sp³-hybridized carbons (Fsp3) is 0.333. The first-order chi connectivity index (χ1) is 7.33. The van der Waals surface area contributed by atoms with E-state index in [0.717, 1.165) is 29.9 Å². The van der Waals surface area contributed by atoms with Crippen molar-refractivity contribution in [2.75, 3.05) is 6.79 Å². The third kappa shape index (κ3) is 1.97. The van der Waals surface area contributed by atoms with Crippen molar-refractivity contribution in [3.8, 4) is 11.5 Å². The summed E-state index contributed by atoms with van der Waals surface area (Å²) in [5.74, 6) is 1.59. The van der Waals surface area contributed by atoms with Gasteiger partial charge in [-0.1, -0.05) is 18.2 Å². The Labute approximate surface area is 89.5 Å². The Balaban J connectivity index is 2.20. The smallest absolute Gasteiger partial charge is 0.231 e. The van der Waals surface area contributed by atoms with Gasteiger partial charge in [-0.15, -0.1) is 6.58 Å². The van der Waals surface area contributed by atoms with Gasteiger partial charge in [0.1, 0.15) is 0 Å². The van der Waals surface area contributed by atoms with Crippen molar-refractivity contribution in [1.29, 1.82) is 0 Å². The van der Waals surface area contributed by atoms with Crippen LogP contribution in [0.2, 0.25) is 0 Å². The summed E-state index contributed by atoms with van der Waals surface area (Å²) >= 11 is 0. The summed E-state index contributed by atoms with van der Waals surface area (Å²) in [6.45, 7) is 3.98. The summed E-state index contributed by atoms with van der Waals surface area (Å²) in [4.78, 5) is 0. The van der Waals surface area contributed by atoms with Crippen LogP contribution in [0.4, 0.5) is 0 Å². The van der Waals surface area contributed by atoms with E-state index in [1.54, 1.807) is 0 Å². The van der Waals surface area contributed by atoms with Crippen LogP contribution in [0.25, 0.3) is 0 Å². The van der Waals surface area contributed by atoms with Crippen LogP contribution < -0.4 is 15.2 Å². The molecule has 0 radical (unpaired) electrons. The number of benzene rings is 1. The van der Waals surface area contributed by atoms with Crippen molar-refractivity contribution in [2.24, 2.45) is 5.73 Å². The zero-order chi connectivity index (χ0) is 10.7. The van der Waals surface area contributed by atoms with Gasteiger partial charge in [-0.2, -0.15) is 0 Å². The van der Waals surface area contributed by atoms with Crippen LogP contribution in [0.1, 0.15) is 24.4 Å². The van der Waals surface area contributed by atoms with Crippen molar-refractivity contribution >= 4 is 0 Å². The van der Waals surface area contributed by atoms with Crippen molar-refractivity contribution in [1.82, 2.24) is 0 Å². The number of hydrogen-bond donors (Lipinski definition) is 1. The van der Waals surface area contributed by atoms with Crippen molar-refractivity contribution in [3.05, 3.63) is 36.4 Å². The Hall–Kier alpha value is -1.48. The number of allylic oxidation sites excluding steroid dienone is 1. The molecule has 80 valence electrons. The molecule has 1 aliphatic heterocycles. The van der Waals surface area contributed by atoms with Gasteiger partial charge < -0.3 is 15.2 Å². The number of rotatable bonds is 4. The van der Waals surface area contributed by atoms with E-state index in [9.17, 15) is 0 Å². The highest BCUT2D eigenvalue weighted by atomic mass is 16.7. The summed E-state index contributed by atoms with van der Waals surface area (Å²) in [5, 5.41) is 0. The molecule has 1 aromatic rings. The SMILES string of the molecule is C=CCC[C@@H](N)c1cccc2c1OCO2. The van der Waals surface area contributed by atoms with Crippen molar-refractivity contribution < 1.29 is 9.47 Å². The molecular formula is C12H15NO2. The predicted octanol–water partition coefficient (Wildman–Crippen LogP) is 2.38. The van der Waals surface area contributed by atoms with Gasteiger partial charge in [-0.3, -0.25) is 0 Å². The number of hydrogen-bond acceptors (Lipinski definition) is 3. The first-order valence-electron chi connectivity index (χ1n) is 5.08. The van der Waals surface area contributed by atoms with Crippen molar-refractivity contribution in [2.45, 2.75) is 18.9 Å². The monoisotopic (exact) mass is 205 g/mol. The molecule has 1 aliphatic rings. The van der Waals surface area contributed by atoms with Gasteiger partial charge in [0.2, 0.25) is 6.79 Å². The van der Waals surface area contributed by atoms with E-state index in [1.807, 2.05) is 24.3 Å². The van der Waals surface area contributed by atoms with Gasteiger partial charge in [0.15, 0.2) is 11.5 Å². The highest BCUT2D eigenvalue weighted by molar-refractivity contribution is 5.49. The van der Waals surface area contributed by atoms with Crippen LogP contribution in [-0.4, -0.2) is 6.79 Å². The molecule has 0 aromatic heterocycles. The minimum atomic E-state index is -0.0142. The van der Waals surface area contributed by atoms with Gasteiger partial charge in [0, 0.05) is 11.6 Å². The molecule has 15 heavy (non-hydrogen) atoms. The number of fused-ring (bicyclic) bond motifs is 1. The summed E-state index contributed by atoms with van der Waals surface area (Å²) in [7, 11) is 0. The van der Waals surface area contributed by atoms with Gasteiger partial charge in [-0.25, -0.2) is 0 Å².